The second kappa shape index (κ2) is 9.76. The third kappa shape index (κ3) is 6.48. The molecule has 6 heteroatoms. The number of aromatic nitrogens is 1. The molecule has 0 saturated carbocycles. The quantitative estimate of drug-likeness (QED) is 0.572. The number of nitrogens with zero attached hydrogens (tertiary/aromatic N) is 2. The topological polar surface area (TPSA) is 45.2 Å². The Hall–Kier alpha value is -2.57. The molecule has 1 heterocycles. The van der Waals surface area contributed by atoms with E-state index in [-0.39, 0.29) is 17.8 Å². The molecule has 3 rings (SSSR count). The lowest BCUT2D eigenvalue weighted by atomic mass is 10.1. The van der Waals surface area contributed by atoms with Crippen LogP contribution in [0.4, 0.5) is 4.39 Å². The van der Waals surface area contributed by atoms with Crippen LogP contribution < -0.4 is 5.32 Å². The molecule has 0 unspecified atom stereocenters. The molecule has 0 aliphatic carbocycles. The zero-order chi connectivity index (χ0) is 20.8. The van der Waals surface area contributed by atoms with Gasteiger partial charge in [-0.1, -0.05) is 42.0 Å². The smallest absolute Gasteiger partial charge is 0.270 e. The average Bonchev–Trinajstić information content (AvgIpc) is 3.13. The normalized spacial score (nSPS) is 11.2. The number of benzene rings is 2. The Balaban J connectivity index is 1.75. The van der Waals surface area contributed by atoms with Gasteiger partial charge in [-0.05, 0) is 44.0 Å². The van der Waals surface area contributed by atoms with Gasteiger partial charge in [0.2, 0.25) is 0 Å². The standard InChI is InChI=1S/C23H26FN3OS/c1-16(2)25-23(28)21-15-29-22(26-21)14-27(12-18-6-4-17(3)5-7-18)13-19-8-10-20(24)11-9-19/h4-11,15-16H,12-14H2,1-3H3,(H,25,28). The van der Waals surface area contributed by atoms with Crippen molar-refractivity contribution in [2.45, 2.75) is 46.4 Å². The highest BCUT2D eigenvalue weighted by molar-refractivity contribution is 7.09. The summed E-state index contributed by atoms with van der Waals surface area (Å²) in [5, 5.41) is 5.56. The number of carbonyl (C=O) groups is 1. The zero-order valence-corrected chi connectivity index (χ0v) is 17.8. The number of thiazole rings is 1. The van der Waals surface area contributed by atoms with Crippen molar-refractivity contribution in [3.05, 3.63) is 87.1 Å². The summed E-state index contributed by atoms with van der Waals surface area (Å²) in [6, 6.07) is 15.1. The number of amides is 1. The van der Waals surface area contributed by atoms with Gasteiger partial charge in [0, 0.05) is 24.5 Å². The third-order valence-electron chi connectivity index (χ3n) is 4.41. The van der Waals surface area contributed by atoms with Gasteiger partial charge >= 0.3 is 0 Å². The Kier molecular flexibility index (Phi) is 7.12. The van der Waals surface area contributed by atoms with E-state index in [4.69, 9.17) is 0 Å². The summed E-state index contributed by atoms with van der Waals surface area (Å²) in [7, 11) is 0. The maximum atomic E-state index is 13.3. The van der Waals surface area contributed by atoms with E-state index >= 15 is 0 Å². The average molecular weight is 412 g/mol. The van der Waals surface area contributed by atoms with Gasteiger partial charge in [-0.25, -0.2) is 9.37 Å². The number of nitrogens with one attached hydrogen (secondary N) is 1. The fraction of sp³-hybridized carbons (Fsp3) is 0.304. The molecule has 0 aliphatic heterocycles. The summed E-state index contributed by atoms with van der Waals surface area (Å²) in [6.45, 7) is 7.95. The predicted octanol–water partition coefficient (Wildman–Crippen LogP) is 4.93. The van der Waals surface area contributed by atoms with Crippen molar-refractivity contribution in [1.29, 1.82) is 0 Å². The summed E-state index contributed by atoms with van der Waals surface area (Å²) in [6.07, 6.45) is 0. The van der Waals surface area contributed by atoms with E-state index in [2.05, 4.69) is 46.4 Å². The van der Waals surface area contributed by atoms with Crippen LogP contribution in [0.1, 0.15) is 46.0 Å². The second-order valence-corrected chi connectivity index (χ2v) is 8.45. The lowest BCUT2D eigenvalue weighted by molar-refractivity contribution is 0.0938. The highest BCUT2D eigenvalue weighted by Gasteiger charge is 2.15. The molecule has 4 nitrogen and oxygen atoms in total. The van der Waals surface area contributed by atoms with Gasteiger partial charge in [0.1, 0.15) is 16.5 Å². The highest BCUT2D eigenvalue weighted by Crippen LogP contribution is 2.18. The van der Waals surface area contributed by atoms with Gasteiger partial charge in [-0.15, -0.1) is 11.3 Å². The molecule has 0 atom stereocenters. The van der Waals surface area contributed by atoms with E-state index < -0.39 is 0 Å². The molecule has 1 amide bonds. The Morgan fingerprint density at radius 3 is 2.21 bits per heavy atom. The molecule has 3 aromatic rings. The number of hydrogen-bond acceptors (Lipinski definition) is 4. The molecular formula is C23H26FN3OS. The number of halogens is 1. The molecule has 1 N–H and O–H groups in total. The van der Waals surface area contributed by atoms with Gasteiger partial charge in [0.25, 0.3) is 5.91 Å². The number of rotatable bonds is 8. The monoisotopic (exact) mass is 411 g/mol. The first-order valence-corrected chi connectivity index (χ1v) is 10.5. The summed E-state index contributed by atoms with van der Waals surface area (Å²) in [5.41, 5.74) is 3.91. The Morgan fingerprint density at radius 1 is 1.03 bits per heavy atom. The Morgan fingerprint density at radius 2 is 1.62 bits per heavy atom. The van der Waals surface area contributed by atoms with Crippen LogP contribution in [0, 0.1) is 12.7 Å². The first-order valence-electron chi connectivity index (χ1n) is 9.66. The molecule has 0 radical (unpaired) electrons. The van der Waals surface area contributed by atoms with E-state index in [1.165, 1.54) is 34.6 Å². The Bertz CT molecular complexity index is 888. The van der Waals surface area contributed by atoms with Crippen molar-refractivity contribution in [1.82, 2.24) is 15.2 Å². The van der Waals surface area contributed by atoms with E-state index in [0.717, 1.165) is 17.1 Å². The minimum atomic E-state index is -0.237. The molecule has 29 heavy (non-hydrogen) atoms. The maximum Gasteiger partial charge on any atom is 0.270 e. The second-order valence-electron chi connectivity index (χ2n) is 7.51. The summed E-state index contributed by atoms with van der Waals surface area (Å²) in [5.74, 6) is -0.384. The van der Waals surface area contributed by atoms with Crippen LogP contribution in [0.3, 0.4) is 0 Å². The van der Waals surface area contributed by atoms with Gasteiger partial charge < -0.3 is 5.32 Å². The lowest BCUT2D eigenvalue weighted by Gasteiger charge is -2.21. The SMILES string of the molecule is Cc1ccc(CN(Cc2ccc(F)cc2)Cc2nc(C(=O)NC(C)C)cs2)cc1. The van der Waals surface area contributed by atoms with E-state index in [1.807, 2.05) is 13.8 Å². The molecule has 0 fully saturated rings. The van der Waals surface area contributed by atoms with Crippen molar-refractivity contribution in [3.8, 4) is 0 Å². The molecule has 0 bridgehead atoms. The molecule has 0 aliphatic rings. The maximum absolute atomic E-state index is 13.3. The zero-order valence-electron chi connectivity index (χ0n) is 17.0. The fourth-order valence-corrected chi connectivity index (χ4v) is 3.80. The van der Waals surface area contributed by atoms with Crippen molar-refractivity contribution in [3.63, 3.8) is 0 Å². The van der Waals surface area contributed by atoms with Gasteiger partial charge in [0.15, 0.2) is 0 Å². The summed E-state index contributed by atoms with van der Waals surface area (Å²) >= 11 is 1.49. The van der Waals surface area contributed by atoms with Gasteiger partial charge in [-0.3, -0.25) is 9.69 Å². The van der Waals surface area contributed by atoms with Crippen LogP contribution in [0.5, 0.6) is 0 Å². The van der Waals surface area contributed by atoms with E-state index in [1.54, 1.807) is 17.5 Å². The van der Waals surface area contributed by atoms with Crippen molar-refractivity contribution in [2.24, 2.45) is 0 Å². The van der Waals surface area contributed by atoms with Gasteiger partial charge in [0.05, 0.1) is 6.54 Å². The minimum Gasteiger partial charge on any atom is -0.349 e. The molecule has 0 spiro atoms. The molecule has 0 saturated heterocycles. The third-order valence-corrected chi connectivity index (χ3v) is 5.24. The molecular weight excluding hydrogens is 385 g/mol. The largest absolute Gasteiger partial charge is 0.349 e. The van der Waals surface area contributed by atoms with Crippen LogP contribution in [0.15, 0.2) is 53.9 Å². The van der Waals surface area contributed by atoms with E-state index in [0.29, 0.717) is 18.8 Å². The van der Waals surface area contributed by atoms with Crippen LogP contribution in [-0.2, 0) is 19.6 Å². The fourth-order valence-electron chi connectivity index (χ4n) is 2.98. The Labute approximate surface area is 175 Å². The first kappa shape index (κ1) is 21.1. The molecule has 2 aromatic carbocycles. The van der Waals surface area contributed by atoms with Crippen molar-refractivity contribution >= 4 is 17.2 Å². The van der Waals surface area contributed by atoms with Crippen molar-refractivity contribution < 1.29 is 9.18 Å². The van der Waals surface area contributed by atoms with E-state index in [9.17, 15) is 9.18 Å². The summed E-state index contributed by atoms with van der Waals surface area (Å²) < 4.78 is 13.3. The highest BCUT2D eigenvalue weighted by atomic mass is 32.1. The molecule has 152 valence electrons. The summed E-state index contributed by atoms with van der Waals surface area (Å²) in [4.78, 5) is 19.0. The number of carbonyl (C=O) groups excluding carboxylic acids is 1. The first-order chi connectivity index (χ1) is 13.9. The number of hydrogen-bond donors (Lipinski definition) is 1. The number of aryl methyl sites for hydroxylation is 1. The van der Waals surface area contributed by atoms with Crippen LogP contribution in [0.2, 0.25) is 0 Å². The lowest BCUT2D eigenvalue weighted by Crippen LogP contribution is -2.30. The van der Waals surface area contributed by atoms with Crippen LogP contribution in [0.25, 0.3) is 0 Å². The molecule has 1 aromatic heterocycles. The van der Waals surface area contributed by atoms with Crippen LogP contribution in [-0.4, -0.2) is 21.8 Å². The minimum absolute atomic E-state index is 0.0733. The predicted molar refractivity (Wildman–Crippen MR) is 115 cm³/mol. The van der Waals surface area contributed by atoms with Crippen molar-refractivity contribution in [2.75, 3.05) is 0 Å². The van der Waals surface area contributed by atoms with Crippen LogP contribution >= 0.6 is 11.3 Å². The van der Waals surface area contributed by atoms with Gasteiger partial charge in [-0.2, -0.15) is 0 Å².